The molecule has 2 fully saturated rings. The minimum absolute atomic E-state index is 0.0997. The third kappa shape index (κ3) is 2.07. The lowest BCUT2D eigenvalue weighted by molar-refractivity contribution is -0.133. The Kier molecular flexibility index (Phi) is 3.16. The Morgan fingerprint density at radius 2 is 1.86 bits per heavy atom. The van der Waals surface area contributed by atoms with E-state index in [4.69, 9.17) is 4.74 Å². The minimum atomic E-state index is -1.19. The van der Waals surface area contributed by atoms with E-state index >= 15 is 0 Å². The van der Waals surface area contributed by atoms with Crippen LogP contribution in [0.4, 0.5) is 5.69 Å². The number of anilines is 1. The van der Waals surface area contributed by atoms with E-state index in [9.17, 15) is 19.5 Å². The van der Waals surface area contributed by atoms with Crippen molar-refractivity contribution < 1.29 is 24.2 Å². The van der Waals surface area contributed by atoms with Crippen LogP contribution in [0.25, 0.3) is 0 Å². The van der Waals surface area contributed by atoms with Crippen LogP contribution in [-0.2, 0) is 9.59 Å². The lowest BCUT2D eigenvalue weighted by atomic mass is 9.95. The van der Waals surface area contributed by atoms with Crippen molar-refractivity contribution in [2.45, 2.75) is 19.3 Å². The summed E-state index contributed by atoms with van der Waals surface area (Å²) in [5, 5.41) is 9.33. The summed E-state index contributed by atoms with van der Waals surface area (Å²) in [5.41, 5.74) is 0.0345. The van der Waals surface area contributed by atoms with Gasteiger partial charge in [0.05, 0.1) is 18.4 Å². The molecule has 2 bridgehead atoms. The molecule has 1 heterocycles. The first-order chi connectivity index (χ1) is 10.0. The number of ether oxygens (including phenoxy) is 1. The standard InChI is InChI=1S/C15H15NO5/c1-21-10-4-5-12(11(7-10)15(19)20)16-13(17)8-2-3-9(6-8)14(16)18/h4-5,7-9H,2-3,6H2,1H3,(H,19,20). The second kappa shape index (κ2) is 4.87. The molecule has 1 aliphatic heterocycles. The topological polar surface area (TPSA) is 83.9 Å². The van der Waals surface area contributed by atoms with Crippen LogP contribution in [0.15, 0.2) is 18.2 Å². The number of carbonyl (C=O) groups is 3. The highest BCUT2D eigenvalue weighted by molar-refractivity contribution is 6.20. The monoisotopic (exact) mass is 289 g/mol. The molecule has 6 heteroatoms. The fourth-order valence-electron chi connectivity index (χ4n) is 3.15. The first-order valence-corrected chi connectivity index (χ1v) is 6.82. The predicted molar refractivity (Wildman–Crippen MR) is 73.3 cm³/mol. The number of hydrogen-bond acceptors (Lipinski definition) is 4. The summed E-state index contributed by atoms with van der Waals surface area (Å²) >= 11 is 0. The average Bonchev–Trinajstić information content (AvgIpc) is 2.92. The number of carboxylic acids is 1. The second-order valence-corrected chi connectivity index (χ2v) is 5.41. The number of methoxy groups -OCH3 is 1. The highest BCUT2D eigenvalue weighted by Crippen LogP contribution is 2.41. The third-order valence-electron chi connectivity index (χ3n) is 4.25. The van der Waals surface area contributed by atoms with Gasteiger partial charge in [0.15, 0.2) is 0 Å². The average molecular weight is 289 g/mol. The molecule has 1 saturated heterocycles. The first-order valence-electron chi connectivity index (χ1n) is 6.82. The van der Waals surface area contributed by atoms with Crippen molar-refractivity contribution >= 4 is 23.5 Å². The van der Waals surface area contributed by atoms with Gasteiger partial charge in [-0.1, -0.05) is 0 Å². The molecule has 2 amide bonds. The van der Waals surface area contributed by atoms with Gasteiger partial charge in [-0.05, 0) is 37.5 Å². The van der Waals surface area contributed by atoms with E-state index in [-0.39, 0.29) is 34.9 Å². The summed E-state index contributed by atoms with van der Waals surface area (Å²) < 4.78 is 5.00. The van der Waals surface area contributed by atoms with Crippen LogP contribution < -0.4 is 9.64 Å². The Bertz CT molecular complexity index is 617. The molecule has 1 N–H and O–H groups in total. The number of hydrogen-bond donors (Lipinski definition) is 1. The Morgan fingerprint density at radius 1 is 1.24 bits per heavy atom. The van der Waals surface area contributed by atoms with Crippen molar-refractivity contribution in [3.05, 3.63) is 23.8 Å². The largest absolute Gasteiger partial charge is 0.497 e. The number of carbonyl (C=O) groups excluding carboxylic acids is 2. The maximum absolute atomic E-state index is 12.4. The number of aromatic carboxylic acids is 1. The van der Waals surface area contributed by atoms with Crippen molar-refractivity contribution in [2.75, 3.05) is 12.0 Å². The zero-order valence-electron chi connectivity index (χ0n) is 11.5. The van der Waals surface area contributed by atoms with Gasteiger partial charge in [0.2, 0.25) is 11.8 Å². The zero-order chi connectivity index (χ0) is 15.1. The molecule has 0 aromatic heterocycles. The minimum Gasteiger partial charge on any atom is -0.497 e. The quantitative estimate of drug-likeness (QED) is 0.856. The van der Waals surface area contributed by atoms with Crippen LogP contribution in [0.5, 0.6) is 5.75 Å². The van der Waals surface area contributed by atoms with E-state index in [1.807, 2.05) is 0 Å². The number of fused-ring (bicyclic) bond motifs is 2. The van der Waals surface area contributed by atoms with Gasteiger partial charge in [-0.2, -0.15) is 0 Å². The summed E-state index contributed by atoms with van der Waals surface area (Å²) in [6, 6.07) is 4.34. The normalized spacial score (nSPS) is 24.3. The van der Waals surface area contributed by atoms with Crippen LogP contribution in [0.2, 0.25) is 0 Å². The summed E-state index contributed by atoms with van der Waals surface area (Å²) in [7, 11) is 1.43. The molecule has 1 saturated carbocycles. The van der Waals surface area contributed by atoms with E-state index in [2.05, 4.69) is 0 Å². The molecule has 0 radical (unpaired) electrons. The molecule has 1 aromatic carbocycles. The Balaban J connectivity index is 2.09. The van der Waals surface area contributed by atoms with Crippen LogP contribution >= 0.6 is 0 Å². The van der Waals surface area contributed by atoms with Crippen molar-refractivity contribution in [3.63, 3.8) is 0 Å². The highest BCUT2D eigenvalue weighted by atomic mass is 16.5. The summed E-state index contributed by atoms with van der Waals surface area (Å²) in [5.74, 6) is -1.74. The molecule has 2 unspecified atom stereocenters. The molecule has 3 rings (SSSR count). The fourth-order valence-corrected chi connectivity index (χ4v) is 3.15. The van der Waals surface area contributed by atoms with E-state index < -0.39 is 5.97 Å². The van der Waals surface area contributed by atoms with Crippen molar-refractivity contribution in [2.24, 2.45) is 11.8 Å². The molecule has 2 atom stereocenters. The maximum Gasteiger partial charge on any atom is 0.337 e. The van der Waals surface area contributed by atoms with Gasteiger partial charge < -0.3 is 9.84 Å². The molecular formula is C15H15NO5. The maximum atomic E-state index is 12.4. The van der Waals surface area contributed by atoms with E-state index in [1.165, 1.54) is 19.2 Å². The summed E-state index contributed by atoms with van der Waals surface area (Å²) in [6.45, 7) is 0. The lowest BCUT2D eigenvalue weighted by Gasteiger charge is -2.30. The molecule has 6 nitrogen and oxygen atoms in total. The fraction of sp³-hybridized carbons (Fsp3) is 0.400. The van der Waals surface area contributed by atoms with E-state index in [0.717, 1.165) is 4.90 Å². The van der Waals surface area contributed by atoms with Crippen LogP contribution in [0.1, 0.15) is 29.6 Å². The van der Waals surface area contributed by atoms with E-state index in [0.29, 0.717) is 25.0 Å². The van der Waals surface area contributed by atoms with E-state index in [1.54, 1.807) is 6.07 Å². The van der Waals surface area contributed by atoms with Gasteiger partial charge in [0.1, 0.15) is 5.75 Å². The predicted octanol–water partition coefficient (Wildman–Crippen LogP) is 1.68. The lowest BCUT2D eigenvalue weighted by Crippen LogP contribution is -2.47. The molecule has 1 aromatic rings. The molecule has 1 aliphatic carbocycles. The van der Waals surface area contributed by atoms with Crippen LogP contribution in [0.3, 0.4) is 0 Å². The molecular weight excluding hydrogens is 274 g/mol. The van der Waals surface area contributed by atoms with Crippen LogP contribution in [-0.4, -0.2) is 30.0 Å². The number of rotatable bonds is 3. The van der Waals surface area contributed by atoms with Gasteiger partial charge in [-0.25, -0.2) is 9.69 Å². The number of imide groups is 1. The highest BCUT2D eigenvalue weighted by Gasteiger charge is 2.46. The van der Waals surface area contributed by atoms with Crippen molar-refractivity contribution in [1.29, 1.82) is 0 Å². The number of benzene rings is 1. The summed E-state index contributed by atoms with van der Waals surface area (Å²) in [4.78, 5) is 37.3. The Morgan fingerprint density at radius 3 is 2.38 bits per heavy atom. The van der Waals surface area contributed by atoms with Gasteiger partial charge in [0.25, 0.3) is 0 Å². The molecule has 0 spiro atoms. The molecule has 21 heavy (non-hydrogen) atoms. The van der Waals surface area contributed by atoms with Crippen molar-refractivity contribution in [1.82, 2.24) is 0 Å². The van der Waals surface area contributed by atoms with Gasteiger partial charge in [-0.3, -0.25) is 9.59 Å². The number of nitrogens with zero attached hydrogens (tertiary/aromatic N) is 1. The first kappa shape index (κ1) is 13.6. The number of piperidine rings is 1. The van der Waals surface area contributed by atoms with Crippen LogP contribution in [0, 0.1) is 11.8 Å². The second-order valence-electron chi connectivity index (χ2n) is 5.41. The number of amides is 2. The Labute approximate surface area is 121 Å². The number of carboxylic acid groups (broad SMARTS) is 1. The summed E-state index contributed by atoms with van der Waals surface area (Å²) in [6.07, 6.45) is 1.99. The van der Waals surface area contributed by atoms with Gasteiger partial charge >= 0.3 is 5.97 Å². The Hall–Kier alpha value is -2.37. The van der Waals surface area contributed by atoms with Gasteiger partial charge in [-0.15, -0.1) is 0 Å². The zero-order valence-corrected chi connectivity index (χ0v) is 11.5. The van der Waals surface area contributed by atoms with Gasteiger partial charge in [0, 0.05) is 11.8 Å². The van der Waals surface area contributed by atoms with Crippen molar-refractivity contribution in [3.8, 4) is 5.75 Å². The smallest absolute Gasteiger partial charge is 0.337 e. The molecule has 2 aliphatic rings. The molecule has 110 valence electrons. The third-order valence-corrected chi connectivity index (χ3v) is 4.25. The SMILES string of the molecule is COc1ccc(N2C(=O)C3CCC(C3)C2=O)c(C(=O)O)c1.